The molecule has 3 unspecified atom stereocenters. The molecule has 31 nitrogen and oxygen atoms in total. The van der Waals surface area contributed by atoms with Crippen LogP contribution >= 0.6 is 0 Å². The maximum Gasteiger partial charge on any atom is 0.320 e. The van der Waals surface area contributed by atoms with Gasteiger partial charge in [-0.1, -0.05) is 0 Å². The third-order valence-electron chi connectivity index (χ3n) is 11.1. The molecule has 1 aliphatic heterocycles. The topological polar surface area (TPSA) is 464 Å². The summed E-state index contributed by atoms with van der Waals surface area (Å²) in [5, 5.41) is 94.8. The molecule has 0 aliphatic carbocycles. The third-order valence-corrected chi connectivity index (χ3v) is 11.1. The van der Waals surface area contributed by atoms with Crippen molar-refractivity contribution >= 4 is 83.3 Å². The second-order valence-electron chi connectivity index (χ2n) is 16.4. The maximum absolute atomic E-state index is 14.0. The number of carbonyl (C=O) groups is 14. The minimum atomic E-state index is -1.81. The first kappa shape index (κ1) is 62.5. The van der Waals surface area contributed by atoms with Crippen LogP contribution in [0.1, 0.15) is 64.2 Å². The molecule has 3 atom stereocenters. The molecule has 1 heterocycles. The molecule has 0 aromatic rings. The lowest BCUT2D eigenvalue weighted by Gasteiger charge is -2.33. The van der Waals surface area contributed by atoms with Gasteiger partial charge in [0, 0.05) is 78.0 Å². The van der Waals surface area contributed by atoms with Crippen molar-refractivity contribution in [3.63, 3.8) is 0 Å². The first-order valence-electron chi connectivity index (χ1n) is 22.2. The van der Waals surface area contributed by atoms with Crippen LogP contribution in [0, 0.1) is 0 Å². The van der Waals surface area contributed by atoms with Gasteiger partial charge in [0.15, 0.2) is 0 Å². The van der Waals surface area contributed by atoms with Gasteiger partial charge < -0.3 is 70.7 Å². The molecular formula is C41H61N7O24. The highest BCUT2D eigenvalue weighted by Crippen LogP contribution is 2.16. The Morgan fingerprint density at radius 3 is 0.681 bits per heavy atom. The van der Waals surface area contributed by atoms with Gasteiger partial charge in [0.25, 0.3) is 0 Å². The van der Waals surface area contributed by atoms with Gasteiger partial charge in [-0.05, 0) is 32.1 Å². The van der Waals surface area contributed by atoms with Crippen molar-refractivity contribution in [3.8, 4) is 0 Å². The Labute approximate surface area is 409 Å². The second-order valence-corrected chi connectivity index (χ2v) is 16.4. The molecule has 10 N–H and O–H groups in total. The van der Waals surface area contributed by atoms with Gasteiger partial charge in [-0.2, -0.15) is 0 Å². The number of carboxylic acid groups (broad SMARTS) is 10. The SMILES string of the molecule is O=C(O)CCC(=O)N1CCCN(C(=O)CCC(C(=O)O)N(CC(=O)O)CC(=O)O)CCN(C(=O)CCC(C(=O)O)N(CC(=O)O)CC(=O)O)CCCN(C(=O)CCC(C(=O)O)N(CC(=O)O)CC(=O)O)CC1. The van der Waals surface area contributed by atoms with Crippen LogP contribution in [0.25, 0.3) is 0 Å². The predicted octanol–water partition coefficient (Wildman–Crippen LogP) is -3.93. The van der Waals surface area contributed by atoms with Crippen LogP contribution in [-0.2, 0) is 67.1 Å². The summed E-state index contributed by atoms with van der Waals surface area (Å²) in [6, 6.07) is -5.39. The summed E-state index contributed by atoms with van der Waals surface area (Å²) < 4.78 is 0. The standard InChI is InChI=1S/C41H61N7O24/c49-28(6-3-25(39(67)68)46(19-33(55)56)20-34(57)58)42-11-1-12-44(30(51)8-5-27(41(71)72)48(23-37(63)64)24-38(65)66)17-18-45(31(52)9-10-32(53)54)14-2-13-43(16-15-42)29(50)7-4-26(40(69)70)47(21-35(59)60)22-36(61)62/h25-27H,1-24H2,(H,53,54)(H,55,56)(H,57,58)(H,59,60)(H,61,62)(H,63,64)(H,65,66)(H,67,68)(H,69,70)(H,71,72). The Kier molecular flexibility index (Phi) is 27.5. The summed E-state index contributed by atoms with van der Waals surface area (Å²) in [4.78, 5) is 178. The number of rotatable bonds is 30. The molecule has 0 spiro atoms. The number of aliphatic carboxylic acids is 10. The molecule has 1 fully saturated rings. The summed E-state index contributed by atoms with van der Waals surface area (Å²) in [5.74, 6) is -18.8. The van der Waals surface area contributed by atoms with Gasteiger partial charge >= 0.3 is 59.7 Å². The predicted molar refractivity (Wildman–Crippen MR) is 235 cm³/mol. The van der Waals surface area contributed by atoms with E-state index >= 15 is 0 Å². The number of hydrogen-bond acceptors (Lipinski definition) is 17. The average molecular weight is 1040 g/mol. The number of nitrogens with zero attached hydrogens (tertiary/aromatic N) is 7. The van der Waals surface area contributed by atoms with Crippen LogP contribution in [0.2, 0.25) is 0 Å². The molecule has 0 saturated carbocycles. The molecule has 4 amide bonds. The molecule has 1 saturated heterocycles. The highest BCUT2D eigenvalue weighted by molar-refractivity contribution is 5.84. The van der Waals surface area contributed by atoms with Crippen LogP contribution in [0.3, 0.4) is 0 Å². The number of carboxylic acids is 10. The Bertz CT molecular complexity index is 1950. The van der Waals surface area contributed by atoms with Crippen molar-refractivity contribution in [1.29, 1.82) is 0 Å². The largest absolute Gasteiger partial charge is 0.481 e. The van der Waals surface area contributed by atoms with E-state index in [-0.39, 0.29) is 65.2 Å². The molecule has 0 aromatic carbocycles. The Morgan fingerprint density at radius 1 is 0.292 bits per heavy atom. The fourth-order valence-corrected chi connectivity index (χ4v) is 7.72. The quantitative estimate of drug-likeness (QED) is 0.0328. The summed E-state index contributed by atoms with van der Waals surface area (Å²) in [5.41, 5.74) is 0. The van der Waals surface area contributed by atoms with Crippen molar-refractivity contribution in [3.05, 3.63) is 0 Å². The zero-order chi connectivity index (χ0) is 54.8. The molecular weight excluding hydrogens is 974 g/mol. The monoisotopic (exact) mass is 1040 g/mol. The summed E-state index contributed by atoms with van der Waals surface area (Å²) >= 11 is 0. The van der Waals surface area contributed by atoms with Crippen LogP contribution in [-0.4, -0.2) is 278 Å². The highest BCUT2D eigenvalue weighted by Gasteiger charge is 2.34. The van der Waals surface area contributed by atoms with Gasteiger partial charge in [0.2, 0.25) is 23.6 Å². The van der Waals surface area contributed by atoms with Crippen molar-refractivity contribution < 1.29 is 118 Å². The molecule has 0 bridgehead atoms. The van der Waals surface area contributed by atoms with E-state index in [9.17, 15) is 118 Å². The third kappa shape index (κ3) is 24.3. The fraction of sp³-hybridized carbons (Fsp3) is 0.659. The van der Waals surface area contributed by atoms with Crippen LogP contribution < -0.4 is 0 Å². The first-order chi connectivity index (χ1) is 33.6. The number of amides is 4. The van der Waals surface area contributed by atoms with E-state index < -0.39 is 192 Å². The fourth-order valence-electron chi connectivity index (χ4n) is 7.72. The van der Waals surface area contributed by atoms with E-state index in [1.807, 2.05) is 0 Å². The molecule has 404 valence electrons. The van der Waals surface area contributed by atoms with Gasteiger partial charge in [0.05, 0.1) is 45.7 Å². The van der Waals surface area contributed by atoms with Crippen LogP contribution in [0.5, 0.6) is 0 Å². The Morgan fingerprint density at radius 2 is 0.500 bits per heavy atom. The van der Waals surface area contributed by atoms with Crippen LogP contribution in [0.4, 0.5) is 0 Å². The molecule has 0 aromatic heterocycles. The van der Waals surface area contributed by atoms with Crippen molar-refractivity contribution in [2.24, 2.45) is 0 Å². The van der Waals surface area contributed by atoms with Crippen molar-refractivity contribution in [1.82, 2.24) is 34.3 Å². The van der Waals surface area contributed by atoms with E-state index in [2.05, 4.69) is 0 Å². The van der Waals surface area contributed by atoms with Crippen molar-refractivity contribution in [2.75, 3.05) is 91.6 Å². The Balaban J connectivity index is 3.74. The maximum atomic E-state index is 14.0. The van der Waals surface area contributed by atoms with Crippen LogP contribution in [0.15, 0.2) is 0 Å². The van der Waals surface area contributed by atoms with E-state index in [0.717, 1.165) is 14.7 Å². The summed E-state index contributed by atoms with van der Waals surface area (Å²) in [7, 11) is 0. The van der Waals surface area contributed by atoms with Gasteiger partial charge in [-0.3, -0.25) is 81.8 Å². The van der Waals surface area contributed by atoms with Gasteiger partial charge in [0.1, 0.15) is 18.1 Å². The number of carbonyl (C=O) groups excluding carboxylic acids is 4. The zero-order valence-electron chi connectivity index (χ0n) is 39.0. The highest BCUT2D eigenvalue weighted by atomic mass is 16.4. The number of hydrogen-bond donors (Lipinski definition) is 10. The minimum absolute atomic E-state index is 0.0917. The minimum Gasteiger partial charge on any atom is -0.481 e. The van der Waals surface area contributed by atoms with E-state index in [4.69, 9.17) is 0 Å². The van der Waals surface area contributed by atoms with E-state index in [1.54, 1.807) is 0 Å². The molecule has 1 rings (SSSR count). The lowest BCUT2D eigenvalue weighted by Crippen LogP contribution is -2.49. The molecule has 1 aliphatic rings. The normalized spacial score (nSPS) is 15.2. The average Bonchev–Trinajstić information content (AvgIpc) is 3.24. The molecule has 0 radical (unpaired) electrons. The van der Waals surface area contributed by atoms with E-state index in [0.29, 0.717) is 14.7 Å². The van der Waals surface area contributed by atoms with Crippen molar-refractivity contribution in [2.45, 2.75) is 82.3 Å². The molecule has 31 heteroatoms. The lowest BCUT2D eigenvalue weighted by molar-refractivity contribution is -0.152. The van der Waals surface area contributed by atoms with Gasteiger partial charge in [-0.15, -0.1) is 0 Å². The smallest absolute Gasteiger partial charge is 0.320 e. The Hall–Kier alpha value is -7.54. The first-order valence-corrected chi connectivity index (χ1v) is 22.2. The van der Waals surface area contributed by atoms with Gasteiger partial charge in [-0.25, -0.2) is 0 Å². The summed E-state index contributed by atoms with van der Waals surface area (Å²) in [6.07, 6.45) is -5.09. The summed E-state index contributed by atoms with van der Waals surface area (Å²) in [6.45, 7) is -8.55. The lowest BCUT2D eigenvalue weighted by atomic mass is 10.1. The second kappa shape index (κ2) is 31.6. The van der Waals surface area contributed by atoms with E-state index in [1.165, 1.54) is 4.90 Å². The molecule has 72 heavy (non-hydrogen) atoms. The zero-order valence-corrected chi connectivity index (χ0v) is 39.0.